The molecule has 1 aliphatic heterocycles. The van der Waals surface area contributed by atoms with E-state index in [-0.39, 0.29) is 5.91 Å². The van der Waals surface area contributed by atoms with Crippen molar-refractivity contribution in [1.29, 1.82) is 0 Å². The van der Waals surface area contributed by atoms with Crippen molar-refractivity contribution in [2.75, 3.05) is 36.4 Å². The molecule has 31 heavy (non-hydrogen) atoms. The van der Waals surface area contributed by atoms with Crippen LogP contribution in [0.1, 0.15) is 27.4 Å². The van der Waals surface area contributed by atoms with Gasteiger partial charge in [-0.1, -0.05) is 29.8 Å². The van der Waals surface area contributed by atoms with Gasteiger partial charge in [0.25, 0.3) is 0 Å². The third-order valence-electron chi connectivity index (χ3n) is 5.92. The summed E-state index contributed by atoms with van der Waals surface area (Å²) in [4.78, 5) is 22.0. The Morgan fingerprint density at radius 2 is 1.77 bits per heavy atom. The number of aryl methyl sites for hydroxylation is 2. The number of nitrogens with zero attached hydrogens (tertiary/aromatic N) is 3. The van der Waals surface area contributed by atoms with E-state index in [0.29, 0.717) is 6.42 Å². The maximum absolute atomic E-state index is 12.3. The number of hydrogen-bond acceptors (Lipinski definition) is 5. The van der Waals surface area contributed by atoms with E-state index in [1.807, 2.05) is 31.2 Å². The van der Waals surface area contributed by atoms with Crippen LogP contribution in [0.5, 0.6) is 0 Å². The summed E-state index contributed by atoms with van der Waals surface area (Å²) >= 11 is 1.57. The largest absolute Gasteiger partial charge is 0.369 e. The van der Waals surface area contributed by atoms with E-state index >= 15 is 0 Å². The van der Waals surface area contributed by atoms with Gasteiger partial charge in [-0.25, -0.2) is 4.98 Å². The molecule has 0 bridgehead atoms. The Morgan fingerprint density at radius 3 is 2.52 bits per heavy atom. The third-order valence-corrected chi connectivity index (χ3v) is 6.82. The van der Waals surface area contributed by atoms with Crippen molar-refractivity contribution in [3.05, 3.63) is 75.2 Å². The number of carbonyl (C=O) groups is 1. The molecule has 0 radical (unpaired) electrons. The second-order valence-corrected chi connectivity index (χ2v) is 9.25. The first kappa shape index (κ1) is 21.5. The minimum Gasteiger partial charge on any atom is -0.369 e. The molecule has 2 heterocycles. The number of benzene rings is 2. The maximum atomic E-state index is 12.3. The van der Waals surface area contributed by atoms with Gasteiger partial charge in [0.05, 0.1) is 12.1 Å². The van der Waals surface area contributed by atoms with E-state index in [0.717, 1.165) is 49.1 Å². The van der Waals surface area contributed by atoms with E-state index in [9.17, 15) is 4.79 Å². The summed E-state index contributed by atoms with van der Waals surface area (Å²) in [6.45, 7) is 11.4. The Kier molecular flexibility index (Phi) is 6.68. The van der Waals surface area contributed by atoms with Crippen LogP contribution in [0.3, 0.4) is 0 Å². The van der Waals surface area contributed by atoms with E-state index in [4.69, 9.17) is 4.98 Å². The first-order valence-corrected chi connectivity index (χ1v) is 11.7. The molecule has 5 nitrogen and oxygen atoms in total. The summed E-state index contributed by atoms with van der Waals surface area (Å²) in [5.74, 6) is -0.0214. The average Bonchev–Trinajstić information content (AvgIpc) is 3.19. The highest BCUT2D eigenvalue weighted by molar-refractivity contribution is 7.09. The zero-order valence-electron chi connectivity index (χ0n) is 18.5. The Morgan fingerprint density at radius 1 is 1.03 bits per heavy atom. The Labute approximate surface area is 188 Å². The number of hydrogen-bond donors (Lipinski definition) is 1. The van der Waals surface area contributed by atoms with Crippen molar-refractivity contribution in [2.45, 2.75) is 33.7 Å². The van der Waals surface area contributed by atoms with Crippen molar-refractivity contribution in [3.8, 4) is 0 Å². The molecule has 0 atom stereocenters. The summed E-state index contributed by atoms with van der Waals surface area (Å²) in [6.07, 6.45) is 0.318. The van der Waals surface area contributed by atoms with Crippen LogP contribution in [0.4, 0.5) is 11.4 Å². The highest BCUT2D eigenvalue weighted by Crippen LogP contribution is 2.24. The standard InChI is InChI=1S/C25H30N4OS/c1-18-7-9-21(10-8-18)26-24(30)15-25-27-22(17-31-25)16-28-11-13-29(14-12-28)23-6-4-5-19(2)20(23)3/h4-10,17H,11-16H2,1-3H3,(H,26,30). The van der Waals surface area contributed by atoms with Crippen LogP contribution in [0.25, 0.3) is 0 Å². The molecule has 0 saturated carbocycles. The molecule has 0 spiro atoms. The van der Waals surface area contributed by atoms with Gasteiger partial charge in [0.2, 0.25) is 5.91 Å². The molecule has 1 amide bonds. The number of aromatic nitrogens is 1. The van der Waals surface area contributed by atoms with Gasteiger partial charge in [-0.15, -0.1) is 11.3 Å². The van der Waals surface area contributed by atoms with Crippen LogP contribution >= 0.6 is 11.3 Å². The van der Waals surface area contributed by atoms with Gasteiger partial charge in [0.1, 0.15) is 5.01 Å². The molecular weight excluding hydrogens is 404 g/mol. The lowest BCUT2D eigenvalue weighted by Gasteiger charge is -2.36. The van der Waals surface area contributed by atoms with Crippen LogP contribution in [0.2, 0.25) is 0 Å². The van der Waals surface area contributed by atoms with E-state index in [1.165, 1.54) is 22.4 Å². The maximum Gasteiger partial charge on any atom is 0.231 e. The fourth-order valence-electron chi connectivity index (χ4n) is 3.94. The number of carbonyl (C=O) groups excluding carboxylic acids is 1. The Bertz CT molecular complexity index is 1040. The van der Waals surface area contributed by atoms with Gasteiger partial charge in [-0.05, 0) is 50.1 Å². The molecule has 1 saturated heterocycles. The van der Waals surface area contributed by atoms with Crippen molar-refractivity contribution < 1.29 is 4.79 Å². The molecule has 1 aromatic heterocycles. The van der Waals surface area contributed by atoms with Gasteiger partial charge in [0.15, 0.2) is 0 Å². The first-order chi connectivity index (χ1) is 15.0. The van der Waals surface area contributed by atoms with Crippen LogP contribution in [0.15, 0.2) is 47.8 Å². The van der Waals surface area contributed by atoms with Crippen molar-refractivity contribution in [1.82, 2.24) is 9.88 Å². The van der Waals surface area contributed by atoms with Crippen molar-refractivity contribution in [2.24, 2.45) is 0 Å². The molecule has 1 fully saturated rings. The molecule has 1 N–H and O–H groups in total. The summed E-state index contributed by atoms with van der Waals surface area (Å²) in [7, 11) is 0. The number of thiazole rings is 1. The zero-order chi connectivity index (χ0) is 21.8. The van der Waals surface area contributed by atoms with Crippen molar-refractivity contribution >= 4 is 28.6 Å². The summed E-state index contributed by atoms with van der Waals surface area (Å²) in [5, 5.41) is 5.91. The zero-order valence-corrected chi connectivity index (χ0v) is 19.3. The predicted octanol–water partition coefficient (Wildman–Crippen LogP) is 4.57. The molecule has 1 aliphatic rings. The third kappa shape index (κ3) is 5.51. The van der Waals surface area contributed by atoms with Gasteiger partial charge in [0, 0.05) is 49.5 Å². The molecule has 162 valence electrons. The average molecular weight is 435 g/mol. The number of rotatable bonds is 6. The predicted molar refractivity (Wildman–Crippen MR) is 129 cm³/mol. The molecule has 3 aromatic rings. The topological polar surface area (TPSA) is 48.5 Å². The lowest BCUT2D eigenvalue weighted by Crippen LogP contribution is -2.46. The first-order valence-electron chi connectivity index (χ1n) is 10.8. The van der Waals surface area contributed by atoms with Crippen LogP contribution in [-0.4, -0.2) is 42.0 Å². The van der Waals surface area contributed by atoms with Gasteiger partial charge in [-0.2, -0.15) is 0 Å². The lowest BCUT2D eigenvalue weighted by molar-refractivity contribution is -0.115. The fourth-order valence-corrected chi connectivity index (χ4v) is 4.72. The minimum absolute atomic E-state index is 0.0214. The van der Waals surface area contributed by atoms with E-state index < -0.39 is 0 Å². The normalized spacial score (nSPS) is 14.6. The highest BCUT2D eigenvalue weighted by atomic mass is 32.1. The smallest absolute Gasteiger partial charge is 0.231 e. The number of piperazine rings is 1. The van der Waals surface area contributed by atoms with Gasteiger partial charge >= 0.3 is 0 Å². The van der Waals surface area contributed by atoms with Gasteiger partial charge < -0.3 is 10.2 Å². The number of anilines is 2. The van der Waals surface area contributed by atoms with Gasteiger partial charge in [-0.3, -0.25) is 9.69 Å². The molecule has 6 heteroatoms. The fraction of sp³-hybridized carbons (Fsp3) is 0.360. The molecule has 0 unspecified atom stereocenters. The van der Waals surface area contributed by atoms with Crippen molar-refractivity contribution in [3.63, 3.8) is 0 Å². The van der Waals surface area contributed by atoms with E-state index in [1.54, 1.807) is 11.3 Å². The quantitative estimate of drug-likeness (QED) is 0.617. The SMILES string of the molecule is Cc1ccc(NC(=O)Cc2nc(CN3CCN(c4cccc(C)c4C)CC3)cs2)cc1. The highest BCUT2D eigenvalue weighted by Gasteiger charge is 2.20. The second-order valence-electron chi connectivity index (χ2n) is 8.31. The second kappa shape index (κ2) is 9.62. The van der Waals surface area contributed by atoms with E-state index in [2.05, 4.69) is 52.5 Å². The van der Waals surface area contributed by atoms with Crippen LogP contribution < -0.4 is 10.2 Å². The summed E-state index contributed by atoms with van der Waals surface area (Å²) in [6, 6.07) is 14.4. The molecule has 4 rings (SSSR count). The summed E-state index contributed by atoms with van der Waals surface area (Å²) < 4.78 is 0. The number of nitrogens with one attached hydrogen (secondary N) is 1. The monoisotopic (exact) mass is 434 g/mol. The molecular formula is C25H30N4OS. The van der Waals surface area contributed by atoms with Crippen LogP contribution in [0, 0.1) is 20.8 Å². The minimum atomic E-state index is -0.0214. The lowest BCUT2D eigenvalue weighted by atomic mass is 10.1. The Balaban J connectivity index is 1.27. The number of amides is 1. The molecule has 2 aromatic carbocycles. The molecule has 0 aliphatic carbocycles. The summed E-state index contributed by atoms with van der Waals surface area (Å²) in [5.41, 5.74) is 7.15. The Hall–Kier alpha value is -2.70. The van der Waals surface area contributed by atoms with Crippen LogP contribution in [-0.2, 0) is 17.8 Å².